The number of sulfone groups is 1. The molecule has 0 fully saturated rings. The van der Waals surface area contributed by atoms with Crippen LogP contribution in [-0.4, -0.2) is 56.1 Å². The monoisotopic (exact) mass is 477 g/mol. The Morgan fingerprint density at radius 2 is 1.72 bits per heavy atom. The number of anilines is 1. The van der Waals surface area contributed by atoms with Gasteiger partial charge in [-0.2, -0.15) is 0 Å². The summed E-state index contributed by atoms with van der Waals surface area (Å²) in [5.41, 5.74) is 2.94. The second-order valence-electron chi connectivity index (χ2n) is 7.71. The van der Waals surface area contributed by atoms with Crippen molar-refractivity contribution in [1.29, 1.82) is 0 Å². The van der Waals surface area contributed by atoms with Crippen molar-refractivity contribution in [1.82, 2.24) is 9.88 Å². The third kappa shape index (κ3) is 5.51. The molecule has 0 bridgehead atoms. The number of hydrogen-bond donors (Lipinski definition) is 0. The van der Waals surface area contributed by atoms with Gasteiger partial charge < -0.3 is 4.90 Å². The molecule has 2 aromatic carbocycles. The van der Waals surface area contributed by atoms with Gasteiger partial charge in [-0.3, -0.25) is 9.69 Å². The summed E-state index contributed by atoms with van der Waals surface area (Å²) in [6.07, 6.45) is 0. The molecule has 0 saturated heterocycles. The number of likely N-dealkylation sites (N-methyl/N-ethyl adjacent to an activating group) is 1. The normalized spacial score (nSPS) is 11.9. The molecule has 1 heterocycles. The smallest absolute Gasteiger partial charge is 0.244 e. The molecule has 3 aromatic rings. The van der Waals surface area contributed by atoms with Crippen LogP contribution < -0.4 is 4.90 Å². The Morgan fingerprint density at radius 1 is 1.06 bits per heavy atom. The van der Waals surface area contributed by atoms with E-state index >= 15 is 0 Å². The van der Waals surface area contributed by atoms with E-state index in [1.54, 1.807) is 0 Å². The predicted octanol–water partition coefficient (Wildman–Crippen LogP) is 4.20. The molecule has 0 atom stereocenters. The number of amides is 1. The Morgan fingerprint density at radius 3 is 2.34 bits per heavy atom. The van der Waals surface area contributed by atoms with Crippen molar-refractivity contribution in [2.75, 3.05) is 36.8 Å². The molecule has 0 aliphatic heterocycles. The highest BCUT2D eigenvalue weighted by molar-refractivity contribution is 7.92. The number of nitrogens with zero attached hydrogens (tertiary/aromatic N) is 3. The molecular formula is C23H28FN3O3S2. The predicted molar refractivity (Wildman–Crippen MR) is 128 cm³/mol. The zero-order valence-corrected chi connectivity index (χ0v) is 20.4. The summed E-state index contributed by atoms with van der Waals surface area (Å²) >= 11 is 1.39. The third-order valence-electron chi connectivity index (χ3n) is 5.36. The summed E-state index contributed by atoms with van der Waals surface area (Å²) in [6.45, 7) is 10.6. The minimum absolute atomic E-state index is 0.0771. The van der Waals surface area contributed by atoms with Crippen LogP contribution in [0, 0.1) is 19.7 Å². The SMILES string of the molecule is CCN(CC)CCN(C(=O)CS(=O)(=O)c1ccc(F)cc1)c1nc2cc(C)cc(C)c2s1. The summed E-state index contributed by atoms with van der Waals surface area (Å²) in [5, 5.41) is 0.486. The van der Waals surface area contributed by atoms with E-state index in [4.69, 9.17) is 0 Å². The summed E-state index contributed by atoms with van der Waals surface area (Å²) < 4.78 is 39.8. The number of halogens is 1. The summed E-state index contributed by atoms with van der Waals surface area (Å²) in [6, 6.07) is 8.54. The van der Waals surface area contributed by atoms with Crippen LogP contribution in [0.25, 0.3) is 10.2 Å². The van der Waals surface area contributed by atoms with Gasteiger partial charge in [0, 0.05) is 13.1 Å². The highest BCUT2D eigenvalue weighted by Gasteiger charge is 2.27. The van der Waals surface area contributed by atoms with Crippen LogP contribution >= 0.6 is 11.3 Å². The van der Waals surface area contributed by atoms with E-state index in [1.165, 1.54) is 28.4 Å². The van der Waals surface area contributed by atoms with Gasteiger partial charge in [-0.15, -0.1) is 0 Å². The lowest BCUT2D eigenvalue weighted by molar-refractivity contribution is -0.116. The number of fused-ring (bicyclic) bond motifs is 1. The summed E-state index contributed by atoms with van der Waals surface area (Å²) in [5.74, 6) is -1.78. The van der Waals surface area contributed by atoms with Crippen molar-refractivity contribution >= 4 is 42.4 Å². The van der Waals surface area contributed by atoms with E-state index in [0.717, 1.165) is 46.6 Å². The number of aryl methyl sites for hydroxylation is 2. The summed E-state index contributed by atoms with van der Waals surface area (Å²) in [7, 11) is -3.92. The minimum atomic E-state index is -3.92. The number of aromatic nitrogens is 1. The fraction of sp³-hybridized carbons (Fsp3) is 0.391. The van der Waals surface area contributed by atoms with Gasteiger partial charge in [0.1, 0.15) is 11.6 Å². The molecular weight excluding hydrogens is 449 g/mol. The van der Waals surface area contributed by atoms with E-state index in [-0.39, 0.29) is 4.90 Å². The number of carbonyl (C=O) groups excluding carboxylic acids is 1. The first kappa shape index (κ1) is 24.3. The van der Waals surface area contributed by atoms with Crippen LogP contribution in [0.1, 0.15) is 25.0 Å². The van der Waals surface area contributed by atoms with E-state index in [1.807, 2.05) is 33.8 Å². The maximum absolute atomic E-state index is 13.2. The average Bonchev–Trinajstić information content (AvgIpc) is 3.15. The van der Waals surface area contributed by atoms with E-state index in [0.29, 0.717) is 18.2 Å². The molecule has 0 aliphatic rings. The Bertz CT molecular complexity index is 1200. The van der Waals surface area contributed by atoms with Gasteiger partial charge in [0.2, 0.25) is 5.91 Å². The lowest BCUT2D eigenvalue weighted by Crippen LogP contribution is -2.41. The van der Waals surface area contributed by atoms with Crippen LogP contribution in [0.2, 0.25) is 0 Å². The van der Waals surface area contributed by atoms with Gasteiger partial charge in [-0.25, -0.2) is 17.8 Å². The van der Waals surface area contributed by atoms with Crippen molar-refractivity contribution in [3.05, 3.63) is 53.3 Å². The first-order valence-electron chi connectivity index (χ1n) is 10.5. The van der Waals surface area contributed by atoms with Gasteiger partial charge in [-0.05, 0) is 68.4 Å². The molecule has 0 spiro atoms. The highest BCUT2D eigenvalue weighted by atomic mass is 32.2. The van der Waals surface area contributed by atoms with Crippen molar-refractivity contribution in [3.63, 3.8) is 0 Å². The molecule has 9 heteroatoms. The Balaban J connectivity index is 1.94. The van der Waals surface area contributed by atoms with Gasteiger partial charge in [-0.1, -0.05) is 31.3 Å². The molecule has 6 nitrogen and oxygen atoms in total. The first-order valence-corrected chi connectivity index (χ1v) is 13.0. The van der Waals surface area contributed by atoms with Crippen molar-refractivity contribution < 1.29 is 17.6 Å². The number of rotatable bonds is 9. The number of carbonyl (C=O) groups is 1. The number of hydrogen-bond acceptors (Lipinski definition) is 6. The van der Waals surface area contributed by atoms with Gasteiger partial charge in [0.05, 0.1) is 15.1 Å². The topological polar surface area (TPSA) is 70.6 Å². The molecule has 0 saturated carbocycles. The molecule has 0 aliphatic carbocycles. The molecule has 1 amide bonds. The van der Waals surface area contributed by atoms with Crippen LogP contribution in [0.5, 0.6) is 0 Å². The van der Waals surface area contributed by atoms with Crippen LogP contribution in [-0.2, 0) is 14.6 Å². The number of benzene rings is 2. The van der Waals surface area contributed by atoms with E-state index in [2.05, 4.69) is 16.0 Å². The van der Waals surface area contributed by atoms with E-state index in [9.17, 15) is 17.6 Å². The largest absolute Gasteiger partial charge is 0.302 e. The number of thiazole rings is 1. The Hall–Kier alpha value is -2.36. The van der Waals surface area contributed by atoms with Crippen LogP contribution in [0.4, 0.5) is 9.52 Å². The molecule has 0 N–H and O–H groups in total. The van der Waals surface area contributed by atoms with Gasteiger partial charge >= 0.3 is 0 Å². The van der Waals surface area contributed by atoms with Crippen molar-refractivity contribution in [2.24, 2.45) is 0 Å². The highest BCUT2D eigenvalue weighted by Crippen LogP contribution is 2.32. The standard InChI is InChI=1S/C23H28FN3O3S2/c1-5-26(6-2)11-12-27(23-25-20-14-16(3)13-17(4)22(20)31-23)21(28)15-32(29,30)19-9-7-18(24)8-10-19/h7-10,13-14H,5-6,11-12,15H2,1-4H3. The molecule has 1 aromatic heterocycles. The maximum atomic E-state index is 13.2. The quantitative estimate of drug-likeness (QED) is 0.432. The zero-order valence-electron chi connectivity index (χ0n) is 18.8. The van der Waals surface area contributed by atoms with Gasteiger partial charge in [0.25, 0.3) is 0 Å². The minimum Gasteiger partial charge on any atom is -0.302 e. The van der Waals surface area contributed by atoms with E-state index < -0.39 is 27.3 Å². The average molecular weight is 478 g/mol. The fourth-order valence-electron chi connectivity index (χ4n) is 3.55. The Labute approximate surface area is 192 Å². The summed E-state index contributed by atoms with van der Waals surface area (Å²) in [4.78, 5) is 21.5. The second kappa shape index (κ2) is 10.1. The lowest BCUT2D eigenvalue weighted by Gasteiger charge is -2.24. The maximum Gasteiger partial charge on any atom is 0.244 e. The van der Waals surface area contributed by atoms with Gasteiger partial charge in [0.15, 0.2) is 15.0 Å². The van der Waals surface area contributed by atoms with Crippen molar-refractivity contribution in [3.8, 4) is 0 Å². The molecule has 32 heavy (non-hydrogen) atoms. The molecule has 0 unspecified atom stereocenters. The van der Waals surface area contributed by atoms with Crippen LogP contribution in [0.15, 0.2) is 41.3 Å². The molecule has 3 rings (SSSR count). The second-order valence-corrected chi connectivity index (χ2v) is 10.7. The molecule has 0 radical (unpaired) electrons. The Kier molecular flexibility index (Phi) is 7.63. The fourth-order valence-corrected chi connectivity index (χ4v) is 5.81. The lowest BCUT2D eigenvalue weighted by atomic mass is 10.1. The van der Waals surface area contributed by atoms with Crippen LogP contribution in [0.3, 0.4) is 0 Å². The first-order chi connectivity index (χ1) is 15.1. The third-order valence-corrected chi connectivity index (χ3v) is 8.21. The molecule has 172 valence electrons. The van der Waals surface area contributed by atoms with Crippen molar-refractivity contribution in [2.45, 2.75) is 32.6 Å². The zero-order chi connectivity index (χ0) is 23.5.